The quantitative estimate of drug-likeness (QED) is 0.498. The lowest BCUT2D eigenvalue weighted by Crippen LogP contribution is -1.77. The third-order valence-corrected chi connectivity index (χ3v) is 0.880. The summed E-state index contributed by atoms with van der Waals surface area (Å²) in [5.41, 5.74) is 0.940. The summed E-state index contributed by atoms with van der Waals surface area (Å²) in [4.78, 5) is 0. The van der Waals surface area contributed by atoms with Crippen LogP contribution in [0.3, 0.4) is 0 Å². The first-order valence-corrected chi connectivity index (χ1v) is 2.31. The molecule has 0 saturated heterocycles. The van der Waals surface area contributed by atoms with E-state index in [2.05, 4.69) is 5.10 Å². The molecule has 0 aliphatic rings. The highest BCUT2D eigenvalue weighted by Crippen LogP contribution is 1.91. The second kappa shape index (κ2) is 1.54. The number of aromatic nitrogens is 2. The summed E-state index contributed by atoms with van der Waals surface area (Å²) in [6.45, 7) is 1.89. The number of aryl methyl sites for hydroxylation is 1. The lowest BCUT2D eigenvalue weighted by molar-refractivity contribution is 0.964. The standard InChI is InChI=1S/C4H5ClN2/c1-4-2-3-7(5)6-4/h2-3H,1H3. The van der Waals surface area contributed by atoms with Gasteiger partial charge in [0.05, 0.1) is 5.69 Å². The monoisotopic (exact) mass is 116 g/mol. The van der Waals surface area contributed by atoms with Gasteiger partial charge >= 0.3 is 0 Å². The van der Waals surface area contributed by atoms with Gasteiger partial charge in [-0.1, -0.05) is 0 Å². The fraction of sp³-hybridized carbons (Fsp3) is 0.250. The van der Waals surface area contributed by atoms with Gasteiger partial charge in [-0.25, -0.2) is 0 Å². The van der Waals surface area contributed by atoms with Crippen LogP contribution < -0.4 is 0 Å². The van der Waals surface area contributed by atoms with E-state index in [1.54, 1.807) is 6.20 Å². The van der Waals surface area contributed by atoms with Crippen LogP contribution in [0.1, 0.15) is 5.69 Å². The lowest BCUT2D eigenvalue weighted by Gasteiger charge is -1.75. The summed E-state index contributed by atoms with van der Waals surface area (Å²) in [6.07, 6.45) is 1.69. The summed E-state index contributed by atoms with van der Waals surface area (Å²) >= 11 is 5.37. The van der Waals surface area contributed by atoms with E-state index in [0.29, 0.717) is 0 Å². The molecule has 2 nitrogen and oxygen atoms in total. The van der Waals surface area contributed by atoms with E-state index in [4.69, 9.17) is 11.8 Å². The van der Waals surface area contributed by atoms with Gasteiger partial charge in [0, 0.05) is 18.0 Å². The fourth-order valence-electron chi connectivity index (χ4n) is 0.387. The normalized spacial score (nSPS) is 9.43. The third-order valence-electron chi connectivity index (χ3n) is 0.692. The molecule has 7 heavy (non-hydrogen) atoms. The first kappa shape index (κ1) is 4.65. The van der Waals surface area contributed by atoms with Gasteiger partial charge < -0.3 is 0 Å². The maximum absolute atomic E-state index is 5.37. The summed E-state index contributed by atoms with van der Waals surface area (Å²) in [6, 6.07) is 1.84. The summed E-state index contributed by atoms with van der Waals surface area (Å²) in [7, 11) is 0. The number of nitrogens with zero attached hydrogens (tertiary/aromatic N) is 2. The smallest absolute Gasteiger partial charge is 0.0608 e. The van der Waals surface area contributed by atoms with Crippen molar-refractivity contribution >= 4 is 11.8 Å². The van der Waals surface area contributed by atoms with E-state index in [9.17, 15) is 0 Å². The summed E-state index contributed by atoms with van der Waals surface area (Å²) in [5.74, 6) is 0. The Balaban J connectivity index is 3.04. The van der Waals surface area contributed by atoms with E-state index in [1.165, 1.54) is 4.20 Å². The second-order valence-corrected chi connectivity index (χ2v) is 1.69. The Kier molecular flexibility index (Phi) is 1.02. The molecule has 0 aliphatic heterocycles. The van der Waals surface area contributed by atoms with Crippen molar-refractivity contribution in [3.8, 4) is 0 Å². The minimum atomic E-state index is 0.940. The Morgan fingerprint density at radius 3 is 2.71 bits per heavy atom. The molecule has 1 rings (SSSR count). The minimum absolute atomic E-state index is 0.940. The van der Waals surface area contributed by atoms with Crippen LogP contribution in [-0.2, 0) is 0 Å². The Morgan fingerprint density at radius 1 is 1.86 bits per heavy atom. The maximum atomic E-state index is 5.37. The average Bonchev–Trinajstić information content (AvgIpc) is 1.87. The van der Waals surface area contributed by atoms with Crippen LogP contribution in [0.5, 0.6) is 0 Å². The third kappa shape index (κ3) is 0.933. The molecular formula is C4H5ClN2. The molecule has 0 atom stereocenters. The van der Waals surface area contributed by atoms with Crippen molar-refractivity contribution in [1.29, 1.82) is 0 Å². The summed E-state index contributed by atoms with van der Waals surface area (Å²) in [5, 5.41) is 3.79. The maximum Gasteiger partial charge on any atom is 0.0608 e. The van der Waals surface area contributed by atoms with Crippen LogP contribution in [0.4, 0.5) is 0 Å². The number of hydrogen-bond donors (Lipinski definition) is 0. The highest BCUT2D eigenvalue weighted by Gasteiger charge is 1.84. The zero-order valence-electron chi connectivity index (χ0n) is 3.93. The van der Waals surface area contributed by atoms with Crippen molar-refractivity contribution in [3.63, 3.8) is 0 Å². The second-order valence-electron chi connectivity index (χ2n) is 1.35. The molecule has 3 heteroatoms. The van der Waals surface area contributed by atoms with Gasteiger partial charge in [0.2, 0.25) is 0 Å². The molecule has 38 valence electrons. The van der Waals surface area contributed by atoms with Gasteiger partial charge in [-0.05, 0) is 13.0 Å². The van der Waals surface area contributed by atoms with Gasteiger partial charge in [0.25, 0.3) is 0 Å². The molecule has 0 saturated carbocycles. The van der Waals surface area contributed by atoms with Gasteiger partial charge in [0.15, 0.2) is 0 Å². The van der Waals surface area contributed by atoms with Crippen molar-refractivity contribution in [2.24, 2.45) is 0 Å². The van der Waals surface area contributed by atoms with Crippen molar-refractivity contribution in [2.75, 3.05) is 0 Å². The van der Waals surface area contributed by atoms with E-state index >= 15 is 0 Å². The molecule has 0 bridgehead atoms. The van der Waals surface area contributed by atoms with E-state index < -0.39 is 0 Å². The lowest BCUT2D eigenvalue weighted by atomic mass is 10.5. The topological polar surface area (TPSA) is 17.8 Å². The van der Waals surface area contributed by atoms with Crippen LogP contribution in [0, 0.1) is 6.92 Å². The van der Waals surface area contributed by atoms with Crippen molar-refractivity contribution in [2.45, 2.75) is 6.92 Å². The van der Waals surface area contributed by atoms with E-state index in [0.717, 1.165) is 5.69 Å². The van der Waals surface area contributed by atoms with E-state index in [1.807, 2.05) is 13.0 Å². The van der Waals surface area contributed by atoms with Crippen LogP contribution in [0.25, 0.3) is 0 Å². The first-order chi connectivity index (χ1) is 3.29. The average molecular weight is 117 g/mol. The molecule has 0 unspecified atom stereocenters. The molecule has 1 heterocycles. The fourth-order valence-corrected chi connectivity index (χ4v) is 0.562. The van der Waals surface area contributed by atoms with Crippen LogP contribution in [-0.4, -0.2) is 9.30 Å². The molecule has 0 aromatic carbocycles. The minimum Gasteiger partial charge on any atom is -0.180 e. The first-order valence-electron chi connectivity index (χ1n) is 1.97. The Hall–Kier alpha value is -0.500. The van der Waals surface area contributed by atoms with Gasteiger partial charge in [-0.15, -0.1) is 0 Å². The van der Waals surface area contributed by atoms with Crippen LogP contribution in [0.15, 0.2) is 12.3 Å². The van der Waals surface area contributed by atoms with Crippen molar-refractivity contribution < 1.29 is 0 Å². The predicted molar refractivity (Wildman–Crippen MR) is 28.2 cm³/mol. The molecule has 0 N–H and O–H groups in total. The SMILES string of the molecule is Cc1ccn(Cl)n1. The van der Waals surface area contributed by atoms with Gasteiger partial charge in [-0.3, -0.25) is 0 Å². The van der Waals surface area contributed by atoms with Crippen molar-refractivity contribution in [1.82, 2.24) is 9.30 Å². The van der Waals surface area contributed by atoms with Crippen LogP contribution >= 0.6 is 11.8 Å². The van der Waals surface area contributed by atoms with E-state index in [-0.39, 0.29) is 0 Å². The van der Waals surface area contributed by atoms with Gasteiger partial charge in [-0.2, -0.15) is 9.30 Å². The number of rotatable bonds is 0. The molecule has 0 fully saturated rings. The molecule has 0 radical (unpaired) electrons. The Morgan fingerprint density at radius 2 is 2.57 bits per heavy atom. The zero-order valence-corrected chi connectivity index (χ0v) is 4.68. The number of hydrogen-bond acceptors (Lipinski definition) is 1. The highest BCUT2D eigenvalue weighted by molar-refractivity contribution is 6.14. The van der Waals surface area contributed by atoms with Crippen LogP contribution in [0.2, 0.25) is 0 Å². The predicted octanol–water partition coefficient (Wildman–Crippen LogP) is 1.19. The Bertz CT molecular complexity index is 142. The molecule has 0 amide bonds. The summed E-state index contributed by atoms with van der Waals surface area (Å²) < 4.78 is 1.26. The largest absolute Gasteiger partial charge is 0.180 e. The molecule has 1 aromatic heterocycles. The molecule has 0 aliphatic carbocycles. The highest BCUT2D eigenvalue weighted by atomic mass is 35.5. The molecular weight excluding hydrogens is 112 g/mol. The number of halogens is 1. The molecule has 1 aromatic rings. The Labute approximate surface area is 46.8 Å². The van der Waals surface area contributed by atoms with Crippen molar-refractivity contribution in [3.05, 3.63) is 18.0 Å². The molecule has 0 spiro atoms. The van der Waals surface area contributed by atoms with Gasteiger partial charge in [0.1, 0.15) is 0 Å². The zero-order chi connectivity index (χ0) is 5.28.